The highest BCUT2D eigenvalue weighted by molar-refractivity contribution is 7.89. The Bertz CT molecular complexity index is 955. The third-order valence-corrected chi connectivity index (χ3v) is 7.28. The van der Waals surface area contributed by atoms with Gasteiger partial charge in [0.1, 0.15) is 30.0 Å². The van der Waals surface area contributed by atoms with E-state index in [1.807, 2.05) is 6.92 Å². The number of methoxy groups -OCH3 is 2. The predicted octanol–water partition coefficient (Wildman–Crippen LogP) is 0.558. The minimum Gasteiger partial charge on any atom is -0.487 e. The Hall–Kier alpha value is -2.16. The molecular weight excluding hydrogens is 436 g/mol. The van der Waals surface area contributed by atoms with E-state index in [0.29, 0.717) is 5.56 Å². The number of nitrogens with zero attached hydrogens (tertiary/aromatic N) is 2. The first-order chi connectivity index (χ1) is 15.1. The number of benzene rings is 1. The maximum atomic E-state index is 13.4. The Balaban J connectivity index is 2.52. The smallest absolute Gasteiger partial charge is 0.248 e. The van der Waals surface area contributed by atoms with Crippen LogP contribution < -0.4 is 4.74 Å². The molecule has 0 spiro atoms. The van der Waals surface area contributed by atoms with Crippen molar-refractivity contribution in [3.8, 4) is 17.6 Å². The maximum absolute atomic E-state index is 13.4. The lowest BCUT2D eigenvalue weighted by atomic mass is 10.0. The van der Waals surface area contributed by atoms with E-state index >= 15 is 0 Å². The number of ether oxygens (including phenoxy) is 3. The van der Waals surface area contributed by atoms with Crippen LogP contribution in [0.25, 0.3) is 0 Å². The number of rotatable bonds is 7. The van der Waals surface area contributed by atoms with Gasteiger partial charge in [-0.1, -0.05) is 18.8 Å². The Morgan fingerprint density at radius 1 is 1.38 bits per heavy atom. The molecule has 0 aliphatic carbocycles. The summed E-state index contributed by atoms with van der Waals surface area (Å²) in [6.45, 7) is 3.75. The average Bonchev–Trinajstić information content (AvgIpc) is 2.75. The molecule has 2 rings (SSSR count). The summed E-state index contributed by atoms with van der Waals surface area (Å²) in [6.07, 6.45) is -0.495. The third kappa shape index (κ3) is 6.21. The first kappa shape index (κ1) is 26.1. The number of likely N-dealkylation sites (N-methyl/N-ethyl adjacent to an activating group) is 1. The summed E-state index contributed by atoms with van der Waals surface area (Å²) < 4.78 is 44.2. The van der Waals surface area contributed by atoms with Crippen molar-refractivity contribution in [2.75, 3.05) is 54.2 Å². The minimum atomic E-state index is -3.93. The molecule has 1 aliphatic heterocycles. The number of carbonyl (C=O) groups excluding carboxylic acids is 1. The second kappa shape index (κ2) is 11.6. The molecule has 0 fully saturated rings. The highest BCUT2D eigenvalue weighted by atomic mass is 32.2. The summed E-state index contributed by atoms with van der Waals surface area (Å²) in [7, 11) is 0.700. The summed E-state index contributed by atoms with van der Waals surface area (Å²) >= 11 is 0. The highest BCUT2D eigenvalue weighted by Crippen LogP contribution is 2.34. The number of amides is 1. The number of aliphatic hydroxyl groups is 1. The van der Waals surface area contributed by atoms with Gasteiger partial charge in [-0.3, -0.25) is 4.79 Å². The molecule has 10 heteroatoms. The lowest BCUT2D eigenvalue weighted by Crippen LogP contribution is -2.50. The topological polar surface area (TPSA) is 106 Å². The fraction of sp³-hybridized carbons (Fsp3) is 0.591. The molecule has 1 aliphatic rings. The monoisotopic (exact) mass is 468 g/mol. The van der Waals surface area contributed by atoms with Crippen LogP contribution in [-0.2, 0) is 24.3 Å². The van der Waals surface area contributed by atoms with E-state index in [1.54, 1.807) is 26.1 Å². The van der Waals surface area contributed by atoms with Gasteiger partial charge in [0.25, 0.3) is 0 Å². The second-order valence-electron chi connectivity index (χ2n) is 7.84. The molecule has 1 amide bonds. The number of hydrogen-bond acceptors (Lipinski definition) is 7. The van der Waals surface area contributed by atoms with Crippen molar-refractivity contribution in [2.45, 2.75) is 30.9 Å². The van der Waals surface area contributed by atoms with E-state index in [9.17, 15) is 18.3 Å². The van der Waals surface area contributed by atoms with Crippen LogP contribution in [-0.4, -0.2) is 95.0 Å². The van der Waals surface area contributed by atoms with Crippen LogP contribution in [0.4, 0.5) is 0 Å². The van der Waals surface area contributed by atoms with Gasteiger partial charge >= 0.3 is 0 Å². The average molecular weight is 469 g/mol. The molecule has 0 saturated carbocycles. The lowest BCUT2D eigenvalue weighted by molar-refractivity contribution is -0.135. The van der Waals surface area contributed by atoms with Crippen LogP contribution in [0.15, 0.2) is 23.1 Å². The van der Waals surface area contributed by atoms with E-state index in [4.69, 9.17) is 14.2 Å². The van der Waals surface area contributed by atoms with Crippen LogP contribution in [0, 0.1) is 17.8 Å². The van der Waals surface area contributed by atoms with Crippen molar-refractivity contribution in [3.63, 3.8) is 0 Å². The zero-order chi connectivity index (χ0) is 23.9. The van der Waals surface area contributed by atoms with E-state index in [2.05, 4.69) is 11.8 Å². The molecule has 3 atom stereocenters. The number of fused-ring (bicyclic) bond motifs is 1. The zero-order valence-electron chi connectivity index (χ0n) is 19.2. The lowest BCUT2D eigenvalue weighted by Gasteiger charge is -2.37. The molecule has 0 aromatic heterocycles. The van der Waals surface area contributed by atoms with E-state index < -0.39 is 22.2 Å². The molecule has 0 radical (unpaired) electrons. The van der Waals surface area contributed by atoms with Crippen LogP contribution in [0.1, 0.15) is 19.4 Å². The van der Waals surface area contributed by atoms with E-state index in [0.717, 1.165) is 0 Å². The van der Waals surface area contributed by atoms with Crippen LogP contribution >= 0.6 is 0 Å². The molecule has 9 nitrogen and oxygen atoms in total. The van der Waals surface area contributed by atoms with Crippen molar-refractivity contribution in [1.82, 2.24) is 9.21 Å². The largest absolute Gasteiger partial charge is 0.487 e. The number of hydrogen-bond donors (Lipinski definition) is 1. The minimum absolute atomic E-state index is 0.00198. The van der Waals surface area contributed by atoms with Gasteiger partial charge in [-0.15, -0.1) is 0 Å². The molecule has 178 valence electrons. The quantitative estimate of drug-likeness (QED) is 0.583. The van der Waals surface area contributed by atoms with Gasteiger partial charge in [-0.25, -0.2) is 8.42 Å². The SMILES string of the molecule is COCC#Cc1ccc2c(c1)O[C@@H](CN(C)C(=O)COC)[C@H](C)CN([C@@H](C)CO)S2(=O)=O. The van der Waals surface area contributed by atoms with E-state index in [1.165, 1.54) is 29.5 Å². The van der Waals surface area contributed by atoms with Gasteiger partial charge in [0.15, 0.2) is 0 Å². The summed E-state index contributed by atoms with van der Waals surface area (Å²) in [4.78, 5) is 13.7. The van der Waals surface area contributed by atoms with Gasteiger partial charge in [-0.05, 0) is 25.1 Å². The molecule has 0 unspecified atom stereocenters. The molecule has 32 heavy (non-hydrogen) atoms. The van der Waals surface area contributed by atoms with Crippen molar-refractivity contribution in [2.24, 2.45) is 5.92 Å². The first-order valence-electron chi connectivity index (χ1n) is 10.3. The Morgan fingerprint density at radius 3 is 2.72 bits per heavy atom. The molecule has 0 saturated heterocycles. The van der Waals surface area contributed by atoms with Crippen LogP contribution in [0.2, 0.25) is 0 Å². The van der Waals surface area contributed by atoms with Gasteiger partial charge in [-0.2, -0.15) is 4.31 Å². The summed E-state index contributed by atoms with van der Waals surface area (Å²) in [6, 6.07) is 4.03. The van der Waals surface area contributed by atoms with Crippen LogP contribution in [0.3, 0.4) is 0 Å². The number of aliphatic hydroxyl groups excluding tert-OH is 1. The summed E-state index contributed by atoms with van der Waals surface area (Å²) in [5, 5.41) is 9.69. The molecule has 1 N–H and O–H groups in total. The predicted molar refractivity (Wildman–Crippen MR) is 119 cm³/mol. The molecule has 0 bridgehead atoms. The summed E-state index contributed by atoms with van der Waals surface area (Å²) in [5.74, 6) is 5.44. The normalized spacial score (nSPS) is 21.2. The fourth-order valence-electron chi connectivity index (χ4n) is 3.34. The second-order valence-corrected chi connectivity index (χ2v) is 9.70. The van der Waals surface area contributed by atoms with Gasteiger partial charge in [0, 0.05) is 45.3 Å². The maximum Gasteiger partial charge on any atom is 0.248 e. The Labute approximate surface area is 190 Å². The molecular formula is C22H32N2O7S. The van der Waals surface area contributed by atoms with Crippen molar-refractivity contribution < 1.29 is 32.5 Å². The Morgan fingerprint density at radius 2 is 2.09 bits per heavy atom. The van der Waals surface area contributed by atoms with Gasteiger partial charge < -0.3 is 24.2 Å². The van der Waals surface area contributed by atoms with Gasteiger partial charge in [0.05, 0.1) is 13.2 Å². The number of carbonyl (C=O) groups is 1. The third-order valence-electron chi connectivity index (χ3n) is 5.26. The highest BCUT2D eigenvalue weighted by Gasteiger charge is 2.38. The Kier molecular flexibility index (Phi) is 9.48. The zero-order valence-corrected chi connectivity index (χ0v) is 20.0. The standard InChI is InChI=1S/C22H32N2O7S/c1-16-12-24(17(2)14-25)32(27,28)21-9-8-18(7-6-10-29-4)11-19(21)31-20(16)13-23(3)22(26)15-30-5/h8-9,11,16-17,20,25H,10,12-15H2,1-5H3/t16-,17+,20+/m1/s1. The molecule has 1 aromatic rings. The van der Waals surface area contributed by atoms with Crippen molar-refractivity contribution >= 4 is 15.9 Å². The van der Waals surface area contributed by atoms with Crippen LogP contribution in [0.5, 0.6) is 5.75 Å². The summed E-state index contributed by atoms with van der Waals surface area (Å²) in [5.41, 5.74) is 0.577. The number of sulfonamides is 1. The molecule has 1 heterocycles. The van der Waals surface area contributed by atoms with E-state index in [-0.39, 0.29) is 55.4 Å². The van der Waals surface area contributed by atoms with Crippen molar-refractivity contribution in [3.05, 3.63) is 23.8 Å². The fourth-order valence-corrected chi connectivity index (χ4v) is 5.16. The van der Waals surface area contributed by atoms with Gasteiger partial charge in [0.2, 0.25) is 15.9 Å². The van der Waals surface area contributed by atoms with Crippen molar-refractivity contribution in [1.29, 1.82) is 0 Å². The first-order valence-corrected chi connectivity index (χ1v) is 11.7. The molecule has 1 aromatic carbocycles.